The van der Waals surface area contributed by atoms with Gasteiger partial charge in [0.25, 0.3) is 0 Å². The van der Waals surface area contributed by atoms with Crippen LogP contribution in [0.25, 0.3) is 44.6 Å². The van der Waals surface area contributed by atoms with Crippen molar-refractivity contribution in [3.05, 3.63) is 110 Å². The standard InChI is InChI=1S/C26H18N4/c1-3-9-24-22(7-1)23-8-2-4-10-25(23)30(24)20-13-11-19(12-14-20)26-28-16-17-29(26)21-6-5-15-27-18-21/h1-18H. The Balaban J connectivity index is 1.49. The molecule has 0 saturated heterocycles. The number of fused-ring (bicyclic) bond motifs is 3. The molecule has 0 aliphatic heterocycles. The van der Waals surface area contributed by atoms with Gasteiger partial charge >= 0.3 is 0 Å². The Bertz CT molecular complexity index is 1420. The van der Waals surface area contributed by atoms with Gasteiger partial charge in [-0.25, -0.2) is 4.98 Å². The summed E-state index contributed by atoms with van der Waals surface area (Å²) in [5.41, 5.74) is 5.62. The number of imidazole rings is 1. The molecule has 0 amide bonds. The van der Waals surface area contributed by atoms with E-state index in [1.54, 1.807) is 6.20 Å². The number of hydrogen-bond donors (Lipinski definition) is 0. The van der Waals surface area contributed by atoms with Gasteiger partial charge in [0.05, 0.1) is 22.9 Å². The molecule has 30 heavy (non-hydrogen) atoms. The molecular formula is C26H18N4. The van der Waals surface area contributed by atoms with Crippen LogP contribution in [0, 0.1) is 0 Å². The van der Waals surface area contributed by atoms with E-state index in [0.717, 1.165) is 22.8 Å². The summed E-state index contributed by atoms with van der Waals surface area (Å²) in [6, 6.07) is 29.7. The van der Waals surface area contributed by atoms with Crippen LogP contribution in [-0.4, -0.2) is 19.1 Å². The van der Waals surface area contributed by atoms with E-state index >= 15 is 0 Å². The Morgan fingerprint density at radius 3 is 1.97 bits per heavy atom. The SMILES string of the molecule is c1cncc(-n2ccnc2-c2ccc(-n3c4ccccc4c4ccccc43)cc2)c1. The molecular weight excluding hydrogens is 368 g/mol. The minimum Gasteiger partial charge on any atom is -0.309 e. The van der Waals surface area contributed by atoms with Crippen molar-refractivity contribution in [2.75, 3.05) is 0 Å². The maximum atomic E-state index is 4.58. The molecule has 0 fully saturated rings. The van der Waals surface area contributed by atoms with Gasteiger partial charge in [-0.3, -0.25) is 9.55 Å². The van der Waals surface area contributed by atoms with Gasteiger partial charge in [-0.2, -0.15) is 0 Å². The minimum atomic E-state index is 0.900. The summed E-state index contributed by atoms with van der Waals surface area (Å²) in [5, 5.41) is 2.54. The van der Waals surface area contributed by atoms with Crippen molar-refractivity contribution in [3.63, 3.8) is 0 Å². The van der Waals surface area contributed by atoms with Crippen LogP contribution in [0.2, 0.25) is 0 Å². The monoisotopic (exact) mass is 386 g/mol. The molecule has 4 nitrogen and oxygen atoms in total. The lowest BCUT2D eigenvalue weighted by Crippen LogP contribution is -1.98. The van der Waals surface area contributed by atoms with Gasteiger partial charge in [-0.05, 0) is 48.5 Å². The Hall–Kier alpha value is -4.18. The molecule has 3 aromatic heterocycles. The molecule has 0 saturated carbocycles. The van der Waals surface area contributed by atoms with E-state index < -0.39 is 0 Å². The van der Waals surface area contributed by atoms with E-state index in [4.69, 9.17) is 0 Å². The zero-order valence-electron chi connectivity index (χ0n) is 16.2. The Labute approximate surface area is 173 Å². The fourth-order valence-corrected chi connectivity index (χ4v) is 4.18. The zero-order chi connectivity index (χ0) is 19.9. The summed E-state index contributed by atoms with van der Waals surface area (Å²) in [5.74, 6) is 0.900. The molecule has 3 aromatic carbocycles. The van der Waals surface area contributed by atoms with E-state index in [1.807, 2.05) is 30.7 Å². The van der Waals surface area contributed by atoms with Crippen LogP contribution in [0.15, 0.2) is 110 Å². The molecule has 6 rings (SSSR count). The normalized spacial score (nSPS) is 11.3. The van der Waals surface area contributed by atoms with Crippen molar-refractivity contribution in [3.8, 4) is 22.8 Å². The fraction of sp³-hybridized carbons (Fsp3) is 0. The molecule has 142 valence electrons. The number of nitrogens with zero attached hydrogens (tertiary/aromatic N) is 4. The quantitative estimate of drug-likeness (QED) is 0.372. The molecule has 0 spiro atoms. The lowest BCUT2D eigenvalue weighted by Gasteiger charge is -2.10. The summed E-state index contributed by atoms with van der Waals surface area (Å²) in [4.78, 5) is 8.81. The van der Waals surface area contributed by atoms with Crippen molar-refractivity contribution in [1.29, 1.82) is 0 Å². The van der Waals surface area contributed by atoms with Crippen molar-refractivity contribution in [2.45, 2.75) is 0 Å². The lowest BCUT2D eigenvalue weighted by molar-refractivity contribution is 1.05. The van der Waals surface area contributed by atoms with Gasteiger partial charge in [-0.15, -0.1) is 0 Å². The van der Waals surface area contributed by atoms with Crippen LogP contribution in [-0.2, 0) is 0 Å². The van der Waals surface area contributed by atoms with E-state index in [2.05, 4.69) is 91.9 Å². The number of aromatic nitrogens is 4. The van der Waals surface area contributed by atoms with Crippen molar-refractivity contribution in [2.24, 2.45) is 0 Å². The number of para-hydroxylation sites is 2. The first kappa shape index (κ1) is 16.7. The number of benzene rings is 3. The van der Waals surface area contributed by atoms with E-state index in [9.17, 15) is 0 Å². The van der Waals surface area contributed by atoms with E-state index in [-0.39, 0.29) is 0 Å². The summed E-state index contributed by atoms with van der Waals surface area (Å²) in [6.45, 7) is 0. The average molecular weight is 386 g/mol. The topological polar surface area (TPSA) is 35.6 Å². The number of hydrogen-bond acceptors (Lipinski definition) is 2. The van der Waals surface area contributed by atoms with Crippen LogP contribution < -0.4 is 0 Å². The highest BCUT2D eigenvalue weighted by atomic mass is 15.1. The molecule has 0 bridgehead atoms. The third kappa shape index (κ3) is 2.54. The Kier molecular flexibility index (Phi) is 3.74. The van der Waals surface area contributed by atoms with Crippen LogP contribution in [0.4, 0.5) is 0 Å². The second-order valence-electron chi connectivity index (χ2n) is 7.25. The van der Waals surface area contributed by atoms with E-state index in [0.29, 0.717) is 0 Å². The molecule has 0 atom stereocenters. The second kappa shape index (κ2) is 6.71. The van der Waals surface area contributed by atoms with Gasteiger partial charge in [-0.1, -0.05) is 36.4 Å². The van der Waals surface area contributed by atoms with E-state index in [1.165, 1.54) is 21.8 Å². The smallest absolute Gasteiger partial charge is 0.144 e. The maximum absolute atomic E-state index is 4.58. The molecule has 0 radical (unpaired) electrons. The molecule has 3 heterocycles. The predicted octanol–water partition coefficient (Wildman–Crippen LogP) is 6.03. The first-order chi connectivity index (χ1) is 14.9. The first-order valence-corrected chi connectivity index (χ1v) is 9.93. The predicted molar refractivity (Wildman–Crippen MR) is 121 cm³/mol. The third-order valence-electron chi connectivity index (χ3n) is 5.53. The van der Waals surface area contributed by atoms with Crippen LogP contribution >= 0.6 is 0 Å². The number of pyridine rings is 1. The van der Waals surface area contributed by atoms with Gasteiger partial charge < -0.3 is 4.57 Å². The van der Waals surface area contributed by atoms with Gasteiger partial charge in [0.2, 0.25) is 0 Å². The molecule has 0 aliphatic rings. The maximum Gasteiger partial charge on any atom is 0.144 e. The largest absolute Gasteiger partial charge is 0.309 e. The summed E-state index contributed by atoms with van der Waals surface area (Å²) >= 11 is 0. The Morgan fingerprint density at radius 2 is 1.30 bits per heavy atom. The van der Waals surface area contributed by atoms with Crippen molar-refractivity contribution >= 4 is 21.8 Å². The van der Waals surface area contributed by atoms with Gasteiger partial charge in [0.15, 0.2) is 0 Å². The summed E-state index contributed by atoms with van der Waals surface area (Å²) in [7, 11) is 0. The lowest BCUT2D eigenvalue weighted by atomic mass is 10.2. The summed E-state index contributed by atoms with van der Waals surface area (Å²) < 4.78 is 4.38. The fourth-order valence-electron chi connectivity index (χ4n) is 4.18. The Morgan fingerprint density at radius 1 is 0.600 bits per heavy atom. The summed E-state index contributed by atoms with van der Waals surface area (Å²) in [6.07, 6.45) is 7.41. The molecule has 0 aliphatic carbocycles. The highest BCUT2D eigenvalue weighted by molar-refractivity contribution is 6.09. The molecule has 0 N–H and O–H groups in total. The second-order valence-corrected chi connectivity index (χ2v) is 7.25. The zero-order valence-corrected chi connectivity index (χ0v) is 16.2. The molecule has 4 heteroatoms. The number of rotatable bonds is 3. The van der Waals surface area contributed by atoms with Crippen molar-refractivity contribution in [1.82, 2.24) is 19.1 Å². The average Bonchev–Trinajstić information content (AvgIpc) is 3.43. The third-order valence-corrected chi connectivity index (χ3v) is 5.53. The van der Waals surface area contributed by atoms with Gasteiger partial charge in [0, 0.05) is 40.6 Å². The first-order valence-electron chi connectivity index (χ1n) is 9.93. The highest BCUT2D eigenvalue weighted by Gasteiger charge is 2.12. The molecule has 0 unspecified atom stereocenters. The van der Waals surface area contributed by atoms with Crippen molar-refractivity contribution < 1.29 is 0 Å². The van der Waals surface area contributed by atoms with Crippen LogP contribution in [0.3, 0.4) is 0 Å². The molecule has 6 aromatic rings. The minimum absolute atomic E-state index is 0.900. The van der Waals surface area contributed by atoms with Gasteiger partial charge in [0.1, 0.15) is 5.82 Å². The van der Waals surface area contributed by atoms with Crippen LogP contribution in [0.1, 0.15) is 0 Å². The van der Waals surface area contributed by atoms with Crippen LogP contribution in [0.5, 0.6) is 0 Å². The highest BCUT2D eigenvalue weighted by Crippen LogP contribution is 2.32.